The topological polar surface area (TPSA) is 41.6 Å². The summed E-state index contributed by atoms with van der Waals surface area (Å²) >= 11 is 0. The Bertz CT molecular complexity index is 418. The average Bonchev–Trinajstić information content (AvgIpc) is 2.72. The van der Waals surface area contributed by atoms with Crippen molar-refractivity contribution in [1.82, 2.24) is 0 Å². The predicted octanol–water partition coefficient (Wildman–Crippen LogP) is 1.65. The van der Waals surface area contributed by atoms with Gasteiger partial charge in [-0.2, -0.15) is 0 Å². The molecule has 92 valence electrons. The minimum absolute atomic E-state index is 0.115. The summed E-state index contributed by atoms with van der Waals surface area (Å²) in [7, 11) is 1.69. The number of amides is 1. The maximum atomic E-state index is 11.4. The Morgan fingerprint density at radius 3 is 3.06 bits per heavy atom. The Morgan fingerprint density at radius 2 is 2.35 bits per heavy atom. The Hall–Kier alpha value is -1.55. The van der Waals surface area contributed by atoms with E-state index in [-0.39, 0.29) is 5.91 Å². The summed E-state index contributed by atoms with van der Waals surface area (Å²) in [6.07, 6.45) is 0.939. The van der Waals surface area contributed by atoms with Gasteiger partial charge in [-0.3, -0.25) is 4.79 Å². The van der Waals surface area contributed by atoms with Crippen molar-refractivity contribution >= 4 is 17.3 Å². The zero-order valence-corrected chi connectivity index (χ0v) is 10.3. The molecule has 0 radical (unpaired) electrons. The highest BCUT2D eigenvalue weighted by molar-refractivity contribution is 5.94. The largest absolute Gasteiger partial charge is 0.383 e. The lowest BCUT2D eigenvalue weighted by atomic mass is 10.1. The number of carbonyl (C=O) groups excluding carboxylic acids is 1. The molecule has 1 aromatic carbocycles. The van der Waals surface area contributed by atoms with Gasteiger partial charge in [0.15, 0.2) is 0 Å². The Balaban J connectivity index is 2.08. The molecule has 17 heavy (non-hydrogen) atoms. The molecule has 0 spiro atoms. The van der Waals surface area contributed by atoms with Gasteiger partial charge in [-0.1, -0.05) is 0 Å². The van der Waals surface area contributed by atoms with E-state index in [1.165, 1.54) is 5.56 Å². The van der Waals surface area contributed by atoms with Crippen LogP contribution >= 0.6 is 0 Å². The van der Waals surface area contributed by atoms with Crippen LogP contribution in [0, 0.1) is 0 Å². The van der Waals surface area contributed by atoms with Gasteiger partial charge in [0.1, 0.15) is 0 Å². The summed E-state index contributed by atoms with van der Waals surface area (Å²) in [5.41, 5.74) is 3.38. The summed E-state index contributed by atoms with van der Waals surface area (Å²) in [6, 6.07) is 6.14. The molecule has 1 heterocycles. The van der Waals surface area contributed by atoms with Crippen LogP contribution in [-0.4, -0.2) is 32.7 Å². The molecule has 0 saturated carbocycles. The van der Waals surface area contributed by atoms with E-state index in [0.717, 1.165) is 30.9 Å². The quantitative estimate of drug-likeness (QED) is 0.805. The van der Waals surface area contributed by atoms with Crippen LogP contribution < -0.4 is 10.2 Å². The number of anilines is 2. The minimum atomic E-state index is 0.115. The second kappa shape index (κ2) is 5.19. The molecule has 2 rings (SSSR count). The molecule has 0 aliphatic carbocycles. The molecule has 0 bridgehead atoms. The van der Waals surface area contributed by atoms with E-state index < -0.39 is 0 Å². The summed E-state index contributed by atoms with van der Waals surface area (Å²) in [5.74, 6) is 0.115. The number of hydrogen-bond acceptors (Lipinski definition) is 3. The molecule has 1 aliphatic heterocycles. The Morgan fingerprint density at radius 1 is 1.53 bits per heavy atom. The van der Waals surface area contributed by atoms with Gasteiger partial charge in [-0.05, 0) is 30.2 Å². The fourth-order valence-electron chi connectivity index (χ4n) is 2.14. The third-order valence-corrected chi connectivity index (χ3v) is 2.99. The van der Waals surface area contributed by atoms with Gasteiger partial charge in [0.25, 0.3) is 0 Å². The van der Waals surface area contributed by atoms with Crippen molar-refractivity contribution in [3.63, 3.8) is 0 Å². The van der Waals surface area contributed by atoms with Crippen LogP contribution in [0.1, 0.15) is 12.5 Å². The van der Waals surface area contributed by atoms with Crippen LogP contribution in [0.15, 0.2) is 18.2 Å². The summed E-state index contributed by atoms with van der Waals surface area (Å²) < 4.78 is 4.99. The first-order valence-electron chi connectivity index (χ1n) is 5.86. The number of nitrogens with zero attached hydrogens (tertiary/aromatic N) is 1. The summed E-state index contributed by atoms with van der Waals surface area (Å²) in [6.45, 7) is 3.90. The van der Waals surface area contributed by atoms with E-state index in [1.54, 1.807) is 14.0 Å². The van der Waals surface area contributed by atoms with Gasteiger partial charge in [0.05, 0.1) is 6.61 Å². The number of fused-ring (bicyclic) bond motifs is 1. The van der Waals surface area contributed by atoms with Crippen molar-refractivity contribution in [3.8, 4) is 0 Å². The van der Waals surface area contributed by atoms with E-state index in [9.17, 15) is 4.79 Å². The second-order valence-electron chi connectivity index (χ2n) is 4.18. The molecule has 0 unspecified atom stereocenters. The lowest BCUT2D eigenvalue weighted by Crippen LogP contribution is -2.25. The molecule has 0 aromatic heterocycles. The van der Waals surface area contributed by atoms with E-state index in [0.29, 0.717) is 6.61 Å². The molecular formula is C13H18N2O2. The monoisotopic (exact) mass is 234 g/mol. The maximum absolute atomic E-state index is 11.4. The van der Waals surface area contributed by atoms with Crippen molar-refractivity contribution in [2.75, 3.05) is 37.0 Å². The van der Waals surface area contributed by atoms with Gasteiger partial charge < -0.3 is 15.0 Å². The highest BCUT2D eigenvalue weighted by atomic mass is 16.5. The van der Waals surface area contributed by atoms with Gasteiger partial charge in [0, 0.05) is 38.5 Å². The van der Waals surface area contributed by atoms with Crippen LogP contribution in [0.25, 0.3) is 0 Å². The minimum Gasteiger partial charge on any atom is -0.383 e. The van der Waals surface area contributed by atoms with E-state index >= 15 is 0 Å². The zero-order chi connectivity index (χ0) is 12.3. The van der Waals surface area contributed by atoms with E-state index in [4.69, 9.17) is 4.74 Å². The molecule has 4 nitrogen and oxygen atoms in total. The van der Waals surface area contributed by atoms with Gasteiger partial charge >= 0.3 is 0 Å². The molecule has 1 aromatic rings. The third kappa shape index (κ3) is 2.58. The predicted molar refractivity (Wildman–Crippen MR) is 68.5 cm³/mol. The van der Waals surface area contributed by atoms with Crippen molar-refractivity contribution in [2.24, 2.45) is 0 Å². The number of benzene rings is 1. The molecular weight excluding hydrogens is 216 g/mol. The number of nitrogens with one attached hydrogen (secondary N) is 1. The highest BCUT2D eigenvalue weighted by Crippen LogP contribution is 2.30. The molecule has 1 N–H and O–H groups in total. The van der Waals surface area contributed by atoms with Crippen molar-refractivity contribution in [3.05, 3.63) is 23.8 Å². The SMILES string of the molecule is COCCNc1ccc2c(c1)CCN2C(C)=O. The smallest absolute Gasteiger partial charge is 0.223 e. The van der Waals surface area contributed by atoms with Crippen LogP contribution in [0.3, 0.4) is 0 Å². The fourth-order valence-corrected chi connectivity index (χ4v) is 2.14. The third-order valence-electron chi connectivity index (χ3n) is 2.99. The van der Waals surface area contributed by atoms with E-state index in [1.807, 2.05) is 17.0 Å². The average molecular weight is 234 g/mol. The lowest BCUT2D eigenvalue weighted by Gasteiger charge is -2.15. The molecule has 0 atom stereocenters. The first kappa shape index (κ1) is 11.9. The first-order chi connectivity index (χ1) is 8.22. The molecule has 4 heteroatoms. The number of ether oxygens (including phenoxy) is 1. The normalized spacial score (nSPS) is 13.6. The zero-order valence-electron chi connectivity index (χ0n) is 10.3. The Kier molecular flexibility index (Phi) is 3.64. The lowest BCUT2D eigenvalue weighted by molar-refractivity contribution is -0.116. The number of rotatable bonds is 4. The second-order valence-corrected chi connectivity index (χ2v) is 4.18. The van der Waals surface area contributed by atoms with Crippen molar-refractivity contribution < 1.29 is 9.53 Å². The molecule has 0 fully saturated rings. The summed E-state index contributed by atoms with van der Waals surface area (Å²) in [5, 5.41) is 3.29. The van der Waals surface area contributed by atoms with Crippen molar-refractivity contribution in [1.29, 1.82) is 0 Å². The van der Waals surface area contributed by atoms with Crippen molar-refractivity contribution in [2.45, 2.75) is 13.3 Å². The van der Waals surface area contributed by atoms with Gasteiger partial charge in [-0.15, -0.1) is 0 Å². The maximum Gasteiger partial charge on any atom is 0.223 e. The molecule has 0 saturated heterocycles. The fraction of sp³-hybridized carbons (Fsp3) is 0.462. The van der Waals surface area contributed by atoms with Crippen LogP contribution in [0.5, 0.6) is 0 Å². The number of methoxy groups -OCH3 is 1. The van der Waals surface area contributed by atoms with Gasteiger partial charge in [-0.25, -0.2) is 0 Å². The molecule has 1 aliphatic rings. The van der Waals surface area contributed by atoms with Crippen LogP contribution in [-0.2, 0) is 16.0 Å². The van der Waals surface area contributed by atoms with Crippen LogP contribution in [0.4, 0.5) is 11.4 Å². The number of hydrogen-bond donors (Lipinski definition) is 1. The molecule has 1 amide bonds. The highest BCUT2D eigenvalue weighted by Gasteiger charge is 2.21. The number of carbonyl (C=O) groups is 1. The summed E-state index contributed by atoms with van der Waals surface area (Å²) in [4.78, 5) is 13.2. The first-order valence-corrected chi connectivity index (χ1v) is 5.86. The standard InChI is InChI=1S/C13H18N2O2/c1-10(16)15-7-5-11-9-12(3-4-13(11)15)14-6-8-17-2/h3-4,9,14H,5-8H2,1-2H3. The van der Waals surface area contributed by atoms with Crippen LogP contribution in [0.2, 0.25) is 0 Å². The van der Waals surface area contributed by atoms with E-state index in [2.05, 4.69) is 11.4 Å². The van der Waals surface area contributed by atoms with Gasteiger partial charge in [0.2, 0.25) is 5.91 Å². The Labute approximate surface area is 102 Å².